The Balaban J connectivity index is 2.21. The van der Waals surface area contributed by atoms with Gasteiger partial charge in [0.2, 0.25) is 0 Å². The Hall–Kier alpha value is -1.92. The number of benzene rings is 1. The minimum Gasteiger partial charge on any atom is -0.392 e. The maximum Gasteiger partial charge on any atom is 0.292 e. The molecule has 1 heterocycles. The zero-order valence-corrected chi connectivity index (χ0v) is 11.9. The van der Waals surface area contributed by atoms with Crippen LogP contribution in [-0.4, -0.2) is 10.0 Å². The van der Waals surface area contributed by atoms with E-state index in [1.807, 2.05) is 5.38 Å². The molecule has 0 saturated carbocycles. The van der Waals surface area contributed by atoms with Crippen LogP contribution in [0, 0.1) is 10.1 Å². The van der Waals surface area contributed by atoms with Gasteiger partial charge in [-0.25, -0.2) is 0 Å². The lowest BCUT2D eigenvalue weighted by Gasteiger charge is -2.08. The fourth-order valence-corrected chi connectivity index (χ4v) is 2.91. The van der Waals surface area contributed by atoms with Gasteiger partial charge in [0, 0.05) is 17.5 Å². The minimum atomic E-state index is -0.418. The first-order valence-electron chi connectivity index (χ1n) is 6.33. The number of anilines is 1. The van der Waals surface area contributed by atoms with Crippen LogP contribution in [0.15, 0.2) is 29.6 Å². The van der Waals surface area contributed by atoms with E-state index in [1.54, 1.807) is 23.5 Å². The number of aliphatic hydroxyl groups excluding tert-OH is 1. The van der Waals surface area contributed by atoms with Crippen molar-refractivity contribution in [1.29, 1.82) is 0 Å². The number of thiophene rings is 1. The fraction of sp³-hybridized carbons (Fsp3) is 0.286. The van der Waals surface area contributed by atoms with Crippen LogP contribution in [0.2, 0.25) is 0 Å². The highest BCUT2D eigenvalue weighted by Crippen LogP contribution is 2.27. The van der Waals surface area contributed by atoms with Gasteiger partial charge in [-0.15, -0.1) is 11.3 Å². The van der Waals surface area contributed by atoms with Gasteiger partial charge in [0.15, 0.2) is 0 Å². The summed E-state index contributed by atoms with van der Waals surface area (Å²) in [6, 6.07) is 6.67. The Morgan fingerprint density at radius 2 is 2.20 bits per heavy atom. The Labute approximate surface area is 121 Å². The quantitative estimate of drug-likeness (QED) is 0.632. The molecule has 106 valence electrons. The van der Waals surface area contributed by atoms with E-state index in [1.165, 1.54) is 16.5 Å². The van der Waals surface area contributed by atoms with Gasteiger partial charge in [-0.3, -0.25) is 10.1 Å². The van der Waals surface area contributed by atoms with Gasteiger partial charge in [0.05, 0.1) is 11.5 Å². The van der Waals surface area contributed by atoms with Crippen LogP contribution in [0.1, 0.15) is 22.9 Å². The van der Waals surface area contributed by atoms with Crippen molar-refractivity contribution in [3.05, 3.63) is 55.8 Å². The van der Waals surface area contributed by atoms with E-state index in [4.69, 9.17) is 5.11 Å². The largest absolute Gasteiger partial charge is 0.392 e. The third-order valence-electron chi connectivity index (χ3n) is 3.10. The second-order valence-electron chi connectivity index (χ2n) is 4.34. The minimum absolute atomic E-state index is 0.0248. The number of nitro groups is 1. The predicted molar refractivity (Wildman–Crippen MR) is 80.0 cm³/mol. The van der Waals surface area contributed by atoms with Crippen molar-refractivity contribution in [1.82, 2.24) is 0 Å². The first-order chi connectivity index (χ1) is 9.65. The van der Waals surface area contributed by atoms with Crippen LogP contribution in [0.4, 0.5) is 11.4 Å². The summed E-state index contributed by atoms with van der Waals surface area (Å²) in [4.78, 5) is 11.8. The summed E-state index contributed by atoms with van der Waals surface area (Å²) in [5, 5.41) is 25.3. The van der Waals surface area contributed by atoms with Gasteiger partial charge in [-0.1, -0.05) is 6.92 Å². The van der Waals surface area contributed by atoms with Crippen LogP contribution in [0.3, 0.4) is 0 Å². The first kappa shape index (κ1) is 14.5. The van der Waals surface area contributed by atoms with Gasteiger partial charge in [0.1, 0.15) is 5.69 Å². The van der Waals surface area contributed by atoms with Crippen molar-refractivity contribution in [3.63, 3.8) is 0 Å². The van der Waals surface area contributed by atoms with Gasteiger partial charge in [-0.2, -0.15) is 0 Å². The average Bonchev–Trinajstić information content (AvgIpc) is 2.91. The molecular formula is C14H16N2O3S. The molecule has 5 nitrogen and oxygen atoms in total. The van der Waals surface area contributed by atoms with Gasteiger partial charge >= 0.3 is 0 Å². The van der Waals surface area contributed by atoms with Crippen molar-refractivity contribution in [3.8, 4) is 0 Å². The Morgan fingerprint density at radius 3 is 2.85 bits per heavy atom. The smallest absolute Gasteiger partial charge is 0.292 e. The molecule has 0 aliphatic rings. The fourth-order valence-electron chi connectivity index (χ4n) is 1.99. The molecule has 0 spiro atoms. The third kappa shape index (κ3) is 3.15. The summed E-state index contributed by atoms with van der Waals surface area (Å²) < 4.78 is 0. The number of rotatable bonds is 6. The molecular weight excluding hydrogens is 276 g/mol. The molecule has 1 aromatic carbocycles. The molecule has 2 aromatic rings. The van der Waals surface area contributed by atoms with Crippen LogP contribution < -0.4 is 5.32 Å². The topological polar surface area (TPSA) is 75.4 Å². The summed E-state index contributed by atoms with van der Waals surface area (Å²) in [6.45, 7) is 2.50. The molecule has 0 bridgehead atoms. The first-order valence-corrected chi connectivity index (χ1v) is 7.21. The number of nitro benzene ring substituents is 1. The van der Waals surface area contributed by atoms with Gasteiger partial charge in [-0.05, 0) is 41.1 Å². The zero-order chi connectivity index (χ0) is 14.5. The van der Waals surface area contributed by atoms with E-state index in [9.17, 15) is 10.1 Å². The zero-order valence-electron chi connectivity index (χ0n) is 11.1. The lowest BCUT2D eigenvalue weighted by molar-refractivity contribution is -0.384. The number of nitrogens with zero attached hydrogens (tertiary/aromatic N) is 1. The molecule has 0 fully saturated rings. The number of aryl methyl sites for hydroxylation is 1. The second kappa shape index (κ2) is 6.49. The summed E-state index contributed by atoms with van der Waals surface area (Å²) in [7, 11) is 0. The molecule has 0 atom stereocenters. The maximum absolute atomic E-state index is 11.0. The van der Waals surface area contributed by atoms with Gasteiger partial charge < -0.3 is 10.4 Å². The summed E-state index contributed by atoms with van der Waals surface area (Å²) in [5.74, 6) is 0. The predicted octanol–water partition coefficient (Wildman–Crippen LogP) is 3.32. The monoisotopic (exact) mass is 292 g/mol. The molecule has 6 heteroatoms. The van der Waals surface area contributed by atoms with Gasteiger partial charge in [0.25, 0.3) is 5.69 Å². The normalized spacial score (nSPS) is 10.5. The Bertz CT molecular complexity index is 610. The average molecular weight is 292 g/mol. The summed E-state index contributed by atoms with van der Waals surface area (Å²) in [6.07, 6.45) is 0.944. The molecule has 0 aliphatic carbocycles. The molecule has 0 amide bonds. The molecule has 20 heavy (non-hydrogen) atoms. The van der Waals surface area contributed by atoms with Crippen molar-refractivity contribution < 1.29 is 10.0 Å². The molecule has 2 N–H and O–H groups in total. The molecule has 0 saturated heterocycles. The van der Waals surface area contributed by atoms with E-state index in [0.717, 1.165) is 6.42 Å². The van der Waals surface area contributed by atoms with Crippen molar-refractivity contribution in [2.75, 3.05) is 5.32 Å². The van der Waals surface area contributed by atoms with E-state index < -0.39 is 4.92 Å². The molecule has 0 radical (unpaired) electrons. The number of aliphatic hydroxyl groups is 1. The molecule has 2 rings (SSSR count). The highest BCUT2D eigenvalue weighted by Gasteiger charge is 2.14. The highest BCUT2D eigenvalue weighted by atomic mass is 32.1. The van der Waals surface area contributed by atoms with E-state index in [-0.39, 0.29) is 12.3 Å². The van der Waals surface area contributed by atoms with Crippen LogP contribution in [0.5, 0.6) is 0 Å². The van der Waals surface area contributed by atoms with Crippen LogP contribution >= 0.6 is 11.3 Å². The maximum atomic E-state index is 11.0. The Morgan fingerprint density at radius 1 is 1.40 bits per heavy atom. The molecule has 1 aromatic heterocycles. The summed E-state index contributed by atoms with van der Waals surface area (Å²) >= 11 is 1.64. The number of hydrogen-bond acceptors (Lipinski definition) is 5. The summed E-state index contributed by atoms with van der Waals surface area (Å²) in [5.41, 5.74) is 2.37. The highest BCUT2D eigenvalue weighted by molar-refractivity contribution is 7.10. The third-order valence-corrected chi connectivity index (χ3v) is 4.06. The SMILES string of the molecule is CCc1ccsc1CNc1cc(CO)ccc1[N+](=O)[O-]. The van der Waals surface area contributed by atoms with E-state index >= 15 is 0 Å². The second-order valence-corrected chi connectivity index (χ2v) is 5.34. The standard InChI is InChI=1S/C14H16N2O3S/c1-2-11-5-6-20-14(11)8-15-12-7-10(9-17)3-4-13(12)16(18)19/h3-7,15,17H,2,8-9H2,1H3. The lowest BCUT2D eigenvalue weighted by atomic mass is 10.1. The molecule has 0 aliphatic heterocycles. The lowest BCUT2D eigenvalue weighted by Crippen LogP contribution is -2.03. The number of hydrogen-bond donors (Lipinski definition) is 2. The van der Waals surface area contributed by atoms with E-state index in [2.05, 4.69) is 18.3 Å². The van der Waals surface area contributed by atoms with E-state index in [0.29, 0.717) is 17.8 Å². The van der Waals surface area contributed by atoms with Crippen molar-refractivity contribution in [2.24, 2.45) is 0 Å². The van der Waals surface area contributed by atoms with Crippen molar-refractivity contribution in [2.45, 2.75) is 26.5 Å². The van der Waals surface area contributed by atoms with Crippen LogP contribution in [-0.2, 0) is 19.6 Å². The van der Waals surface area contributed by atoms with Crippen molar-refractivity contribution >= 4 is 22.7 Å². The molecule has 0 unspecified atom stereocenters. The number of nitrogens with one attached hydrogen (secondary N) is 1. The Kier molecular flexibility index (Phi) is 4.70. The van der Waals surface area contributed by atoms with Crippen LogP contribution in [0.25, 0.3) is 0 Å².